The van der Waals surface area contributed by atoms with Crippen LogP contribution in [0.2, 0.25) is 0 Å². The highest BCUT2D eigenvalue weighted by atomic mass is 16.4. The van der Waals surface area contributed by atoms with Crippen molar-refractivity contribution in [1.29, 1.82) is 0 Å². The fourth-order valence-corrected chi connectivity index (χ4v) is 2.20. The van der Waals surface area contributed by atoms with Crippen LogP contribution in [0, 0.1) is 0 Å². The van der Waals surface area contributed by atoms with Gasteiger partial charge in [-0.25, -0.2) is 0 Å². The SMILES string of the molecule is CN(C)C(=O)CN1CCN(C(=O)c2ccc(CN)o2)CC1. The minimum atomic E-state index is -0.117. The van der Waals surface area contributed by atoms with Crippen molar-refractivity contribution in [3.05, 3.63) is 23.7 Å². The number of nitrogens with two attached hydrogens (primary N) is 1. The van der Waals surface area contributed by atoms with E-state index < -0.39 is 0 Å². The number of carbonyl (C=O) groups excluding carboxylic acids is 2. The molecule has 1 saturated heterocycles. The molecule has 0 bridgehead atoms. The average Bonchev–Trinajstić information content (AvgIpc) is 2.96. The molecular weight excluding hydrogens is 272 g/mol. The van der Waals surface area contributed by atoms with Gasteiger partial charge in [0, 0.05) is 40.3 Å². The van der Waals surface area contributed by atoms with Crippen molar-refractivity contribution in [2.45, 2.75) is 6.54 Å². The van der Waals surface area contributed by atoms with Crippen molar-refractivity contribution < 1.29 is 14.0 Å². The van der Waals surface area contributed by atoms with E-state index in [1.807, 2.05) is 0 Å². The van der Waals surface area contributed by atoms with E-state index in [-0.39, 0.29) is 18.4 Å². The van der Waals surface area contributed by atoms with Gasteiger partial charge in [0.1, 0.15) is 5.76 Å². The molecule has 1 aromatic rings. The predicted octanol–water partition coefficient (Wildman–Crippen LogP) is -0.416. The predicted molar refractivity (Wildman–Crippen MR) is 77.6 cm³/mol. The second kappa shape index (κ2) is 6.73. The van der Waals surface area contributed by atoms with Crippen molar-refractivity contribution in [2.75, 3.05) is 46.8 Å². The Balaban J connectivity index is 1.86. The highest BCUT2D eigenvalue weighted by Crippen LogP contribution is 2.12. The van der Waals surface area contributed by atoms with Crippen LogP contribution in [-0.4, -0.2) is 73.3 Å². The molecule has 2 N–H and O–H groups in total. The summed E-state index contributed by atoms with van der Waals surface area (Å²) in [6.45, 7) is 3.25. The standard InChI is InChI=1S/C14H22N4O3/c1-16(2)13(19)10-17-5-7-18(8-6-17)14(20)12-4-3-11(9-15)21-12/h3-4H,5-10,15H2,1-2H3. The molecule has 0 spiro atoms. The summed E-state index contributed by atoms with van der Waals surface area (Å²) in [5.41, 5.74) is 5.47. The zero-order valence-electron chi connectivity index (χ0n) is 12.5. The number of nitrogens with zero attached hydrogens (tertiary/aromatic N) is 3. The maximum atomic E-state index is 12.3. The number of amides is 2. The summed E-state index contributed by atoms with van der Waals surface area (Å²) >= 11 is 0. The van der Waals surface area contributed by atoms with E-state index in [4.69, 9.17) is 10.2 Å². The number of piperazine rings is 1. The van der Waals surface area contributed by atoms with Crippen molar-refractivity contribution in [3.63, 3.8) is 0 Å². The van der Waals surface area contributed by atoms with Gasteiger partial charge in [-0.2, -0.15) is 0 Å². The van der Waals surface area contributed by atoms with Crippen LogP contribution in [0.15, 0.2) is 16.5 Å². The summed E-state index contributed by atoms with van der Waals surface area (Å²) in [6.07, 6.45) is 0. The molecule has 7 nitrogen and oxygen atoms in total. The molecule has 2 amide bonds. The third-order valence-electron chi connectivity index (χ3n) is 3.59. The van der Waals surface area contributed by atoms with Crippen LogP contribution in [0.1, 0.15) is 16.3 Å². The summed E-state index contributed by atoms with van der Waals surface area (Å²) in [5, 5.41) is 0. The zero-order valence-corrected chi connectivity index (χ0v) is 12.5. The number of furan rings is 1. The van der Waals surface area contributed by atoms with Crippen LogP contribution < -0.4 is 5.73 Å². The fourth-order valence-electron chi connectivity index (χ4n) is 2.20. The van der Waals surface area contributed by atoms with Gasteiger partial charge < -0.3 is 20.0 Å². The molecule has 1 aromatic heterocycles. The maximum Gasteiger partial charge on any atom is 0.289 e. The van der Waals surface area contributed by atoms with Crippen LogP contribution in [0.25, 0.3) is 0 Å². The molecule has 0 saturated carbocycles. The second-order valence-corrected chi connectivity index (χ2v) is 5.33. The lowest BCUT2D eigenvalue weighted by Gasteiger charge is -2.34. The van der Waals surface area contributed by atoms with Crippen molar-refractivity contribution in [3.8, 4) is 0 Å². The molecular formula is C14H22N4O3. The van der Waals surface area contributed by atoms with Crippen LogP contribution in [-0.2, 0) is 11.3 Å². The summed E-state index contributed by atoms with van der Waals surface area (Å²) in [4.78, 5) is 29.3. The lowest BCUT2D eigenvalue weighted by Crippen LogP contribution is -2.50. The molecule has 1 aliphatic heterocycles. The molecule has 0 radical (unpaired) electrons. The quantitative estimate of drug-likeness (QED) is 0.816. The molecule has 21 heavy (non-hydrogen) atoms. The molecule has 1 aliphatic rings. The molecule has 0 atom stereocenters. The van der Waals surface area contributed by atoms with Gasteiger partial charge in [-0.15, -0.1) is 0 Å². The van der Waals surface area contributed by atoms with E-state index in [9.17, 15) is 9.59 Å². The first-order valence-electron chi connectivity index (χ1n) is 7.02. The summed E-state index contributed by atoms with van der Waals surface area (Å²) in [7, 11) is 3.49. The van der Waals surface area contributed by atoms with Gasteiger partial charge in [-0.3, -0.25) is 14.5 Å². The Hall–Kier alpha value is -1.86. The number of rotatable bonds is 4. The Morgan fingerprint density at radius 2 is 1.90 bits per heavy atom. The Morgan fingerprint density at radius 1 is 1.24 bits per heavy atom. The zero-order chi connectivity index (χ0) is 15.4. The molecule has 1 fully saturated rings. The molecule has 2 rings (SSSR count). The van der Waals surface area contributed by atoms with Crippen LogP contribution >= 0.6 is 0 Å². The molecule has 2 heterocycles. The maximum absolute atomic E-state index is 12.3. The van der Waals surface area contributed by atoms with E-state index in [0.29, 0.717) is 44.2 Å². The third kappa shape index (κ3) is 3.83. The van der Waals surface area contributed by atoms with Crippen molar-refractivity contribution in [1.82, 2.24) is 14.7 Å². The minimum absolute atomic E-state index is 0.0772. The third-order valence-corrected chi connectivity index (χ3v) is 3.59. The van der Waals surface area contributed by atoms with E-state index in [1.54, 1.807) is 36.0 Å². The first-order valence-corrected chi connectivity index (χ1v) is 7.02. The largest absolute Gasteiger partial charge is 0.455 e. The highest BCUT2D eigenvalue weighted by Gasteiger charge is 2.25. The molecule has 7 heteroatoms. The normalized spacial score (nSPS) is 16.0. The number of likely N-dealkylation sites (N-methyl/N-ethyl adjacent to an activating group) is 1. The summed E-state index contributed by atoms with van der Waals surface area (Å²) in [6, 6.07) is 3.38. The van der Waals surface area contributed by atoms with Gasteiger partial charge in [0.25, 0.3) is 5.91 Å². The molecule has 116 valence electrons. The van der Waals surface area contributed by atoms with Gasteiger partial charge in [0.15, 0.2) is 5.76 Å². The fraction of sp³-hybridized carbons (Fsp3) is 0.571. The van der Waals surface area contributed by atoms with Gasteiger partial charge in [0.05, 0.1) is 13.1 Å². The Bertz CT molecular complexity index is 504. The first-order chi connectivity index (χ1) is 10.0. The van der Waals surface area contributed by atoms with Crippen LogP contribution in [0.3, 0.4) is 0 Å². The van der Waals surface area contributed by atoms with E-state index in [0.717, 1.165) is 0 Å². The van der Waals surface area contributed by atoms with E-state index in [1.165, 1.54) is 0 Å². The van der Waals surface area contributed by atoms with Gasteiger partial charge in [0.2, 0.25) is 5.91 Å². The minimum Gasteiger partial charge on any atom is -0.455 e. The van der Waals surface area contributed by atoms with Gasteiger partial charge in [-0.1, -0.05) is 0 Å². The summed E-state index contributed by atoms with van der Waals surface area (Å²) < 4.78 is 5.38. The number of hydrogen-bond acceptors (Lipinski definition) is 5. The van der Waals surface area contributed by atoms with E-state index >= 15 is 0 Å². The van der Waals surface area contributed by atoms with Gasteiger partial charge >= 0.3 is 0 Å². The Morgan fingerprint density at radius 3 is 2.43 bits per heavy atom. The van der Waals surface area contributed by atoms with Crippen LogP contribution in [0.5, 0.6) is 0 Å². The topological polar surface area (TPSA) is 83.0 Å². The van der Waals surface area contributed by atoms with Crippen molar-refractivity contribution in [2.24, 2.45) is 5.73 Å². The lowest BCUT2D eigenvalue weighted by atomic mass is 10.2. The lowest BCUT2D eigenvalue weighted by molar-refractivity contribution is -0.130. The summed E-state index contributed by atoms with van der Waals surface area (Å²) in [5.74, 6) is 0.892. The number of carbonyl (C=O) groups is 2. The molecule has 0 aromatic carbocycles. The average molecular weight is 294 g/mol. The van der Waals surface area contributed by atoms with Gasteiger partial charge in [-0.05, 0) is 12.1 Å². The van der Waals surface area contributed by atoms with Crippen molar-refractivity contribution >= 4 is 11.8 Å². The Labute approximate surface area is 124 Å². The molecule has 0 aliphatic carbocycles. The first kappa shape index (κ1) is 15.5. The van der Waals surface area contributed by atoms with E-state index in [2.05, 4.69) is 4.90 Å². The smallest absolute Gasteiger partial charge is 0.289 e. The second-order valence-electron chi connectivity index (χ2n) is 5.33. The highest BCUT2D eigenvalue weighted by molar-refractivity contribution is 5.91. The molecule has 0 unspecified atom stereocenters. The monoisotopic (exact) mass is 294 g/mol. The Kier molecular flexibility index (Phi) is 4.98. The van der Waals surface area contributed by atoms with Crippen LogP contribution in [0.4, 0.5) is 0 Å². The number of hydrogen-bond donors (Lipinski definition) is 1.